The van der Waals surface area contributed by atoms with Crippen LogP contribution in [0.25, 0.3) is 33.5 Å². The van der Waals surface area contributed by atoms with E-state index in [4.69, 9.17) is 9.97 Å². The largest absolute Gasteiger partial charge is 0.244 e. The normalized spacial score (nSPS) is 10.7. The highest BCUT2D eigenvalue weighted by atomic mass is 14.8. The van der Waals surface area contributed by atoms with Gasteiger partial charge < -0.3 is 0 Å². The molecular weight excluding hydrogens is 268 g/mol. The number of rotatable bonds is 2. The predicted octanol–water partition coefficient (Wildman–Crippen LogP) is 4.76. The summed E-state index contributed by atoms with van der Waals surface area (Å²) in [5, 5.41) is 0. The molecule has 103 valence electrons. The highest BCUT2D eigenvalue weighted by molar-refractivity contribution is 5.85. The second-order valence-corrected chi connectivity index (χ2v) is 5.07. The van der Waals surface area contributed by atoms with Gasteiger partial charge in [-0.05, 0) is 18.2 Å². The predicted molar refractivity (Wildman–Crippen MR) is 89.2 cm³/mol. The number of hydrogen-bond acceptors (Lipinski definition) is 2. The molecule has 0 amide bonds. The third-order valence-electron chi connectivity index (χ3n) is 3.60. The maximum atomic E-state index is 4.84. The minimum absolute atomic E-state index is 0.862. The van der Waals surface area contributed by atoms with Crippen LogP contribution in [0.5, 0.6) is 0 Å². The molecule has 1 aromatic heterocycles. The van der Waals surface area contributed by atoms with Crippen molar-refractivity contribution in [1.29, 1.82) is 0 Å². The van der Waals surface area contributed by atoms with E-state index in [1.165, 1.54) is 0 Å². The van der Waals surface area contributed by atoms with E-state index in [9.17, 15) is 0 Å². The second kappa shape index (κ2) is 5.41. The molecule has 0 atom stereocenters. The Bertz CT molecular complexity index is 838. The first-order valence-corrected chi connectivity index (χ1v) is 7.20. The number of nitrogens with zero attached hydrogens (tertiary/aromatic N) is 2. The van der Waals surface area contributed by atoms with Gasteiger partial charge in [0.2, 0.25) is 0 Å². The lowest BCUT2D eigenvalue weighted by Crippen LogP contribution is -1.95. The molecule has 0 aliphatic rings. The van der Waals surface area contributed by atoms with E-state index in [0.717, 1.165) is 33.5 Å². The summed E-state index contributed by atoms with van der Waals surface area (Å²) in [5.41, 5.74) is 5.70. The lowest BCUT2D eigenvalue weighted by atomic mass is 10.0. The van der Waals surface area contributed by atoms with Gasteiger partial charge in [-0.15, -0.1) is 0 Å². The van der Waals surface area contributed by atoms with Crippen molar-refractivity contribution in [2.45, 2.75) is 0 Å². The quantitative estimate of drug-likeness (QED) is 0.529. The molecule has 2 nitrogen and oxygen atoms in total. The average molecular weight is 281 g/mol. The number of fused-ring (bicyclic) bond motifs is 1. The van der Waals surface area contributed by atoms with Gasteiger partial charge in [-0.1, -0.05) is 66.7 Å². The standard InChI is InChI=1S/C20H13N2/c1-3-9-15(10-4-1)19-20(16-11-5-2-6-12-16)22-18-14-8-7-13-17(18)21-19/h1-7,9-14H. The van der Waals surface area contributed by atoms with Crippen LogP contribution >= 0.6 is 0 Å². The van der Waals surface area contributed by atoms with Crippen LogP contribution in [0.15, 0.2) is 78.9 Å². The summed E-state index contributed by atoms with van der Waals surface area (Å²) in [4.78, 5) is 9.67. The molecule has 0 aliphatic carbocycles. The van der Waals surface area contributed by atoms with Crippen LogP contribution in [0.4, 0.5) is 0 Å². The lowest BCUT2D eigenvalue weighted by Gasteiger charge is -2.10. The van der Waals surface area contributed by atoms with Gasteiger partial charge in [-0.2, -0.15) is 0 Å². The van der Waals surface area contributed by atoms with Gasteiger partial charge in [-0.25, -0.2) is 9.97 Å². The van der Waals surface area contributed by atoms with Crippen LogP contribution in [-0.2, 0) is 0 Å². The van der Waals surface area contributed by atoms with Crippen molar-refractivity contribution in [1.82, 2.24) is 9.97 Å². The Balaban J connectivity index is 2.04. The molecule has 4 rings (SSSR count). The lowest BCUT2D eigenvalue weighted by molar-refractivity contribution is 1.29. The minimum Gasteiger partial charge on any atom is -0.244 e. The highest BCUT2D eigenvalue weighted by Crippen LogP contribution is 2.30. The first-order valence-electron chi connectivity index (χ1n) is 7.20. The third-order valence-corrected chi connectivity index (χ3v) is 3.60. The fraction of sp³-hybridized carbons (Fsp3) is 0. The zero-order chi connectivity index (χ0) is 14.8. The molecule has 1 radical (unpaired) electrons. The van der Waals surface area contributed by atoms with Crippen molar-refractivity contribution in [3.05, 3.63) is 84.9 Å². The molecule has 2 heteroatoms. The van der Waals surface area contributed by atoms with Crippen LogP contribution in [0.2, 0.25) is 0 Å². The molecule has 22 heavy (non-hydrogen) atoms. The van der Waals surface area contributed by atoms with Crippen LogP contribution in [0.3, 0.4) is 0 Å². The number of benzene rings is 3. The fourth-order valence-electron chi connectivity index (χ4n) is 2.54. The summed E-state index contributed by atoms with van der Waals surface area (Å²) in [6.45, 7) is 0. The summed E-state index contributed by atoms with van der Waals surface area (Å²) in [5.74, 6) is 0. The zero-order valence-corrected chi connectivity index (χ0v) is 11.9. The summed E-state index contributed by atoms with van der Waals surface area (Å²) >= 11 is 0. The van der Waals surface area contributed by atoms with Crippen molar-refractivity contribution in [2.75, 3.05) is 0 Å². The maximum absolute atomic E-state index is 4.84. The van der Waals surface area contributed by atoms with Gasteiger partial charge in [0, 0.05) is 11.1 Å². The molecule has 0 spiro atoms. The third kappa shape index (κ3) is 2.25. The van der Waals surface area contributed by atoms with E-state index in [-0.39, 0.29) is 0 Å². The first kappa shape index (κ1) is 12.7. The molecule has 0 saturated heterocycles. The molecule has 0 saturated carbocycles. The Morgan fingerprint density at radius 2 is 1.14 bits per heavy atom. The Labute approximate surface area is 129 Å². The highest BCUT2D eigenvalue weighted by Gasteiger charge is 2.12. The summed E-state index contributed by atoms with van der Waals surface area (Å²) in [6, 6.07) is 29.1. The molecule has 0 fully saturated rings. The Morgan fingerprint density at radius 3 is 1.73 bits per heavy atom. The van der Waals surface area contributed by atoms with Crippen molar-refractivity contribution in [2.24, 2.45) is 0 Å². The van der Waals surface area contributed by atoms with Crippen LogP contribution in [0, 0.1) is 6.07 Å². The molecule has 0 bridgehead atoms. The van der Waals surface area contributed by atoms with E-state index in [2.05, 4.69) is 30.3 Å². The van der Waals surface area contributed by atoms with Crippen molar-refractivity contribution in [3.8, 4) is 22.5 Å². The maximum Gasteiger partial charge on any atom is 0.0973 e. The summed E-state index contributed by atoms with van der Waals surface area (Å²) in [6.07, 6.45) is 0. The van der Waals surface area contributed by atoms with E-state index in [0.29, 0.717) is 0 Å². The summed E-state index contributed by atoms with van der Waals surface area (Å²) < 4.78 is 0. The first-order chi connectivity index (χ1) is 10.9. The summed E-state index contributed by atoms with van der Waals surface area (Å²) in [7, 11) is 0. The molecule has 0 N–H and O–H groups in total. The van der Waals surface area contributed by atoms with E-state index in [1.807, 2.05) is 54.6 Å². The Kier molecular flexibility index (Phi) is 3.13. The van der Waals surface area contributed by atoms with Gasteiger partial charge in [0.25, 0.3) is 0 Å². The van der Waals surface area contributed by atoms with Gasteiger partial charge in [-0.3, -0.25) is 0 Å². The van der Waals surface area contributed by atoms with Gasteiger partial charge in [0.1, 0.15) is 0 Å². The van der Waals surface area contributed by atoms with Crippen molar-refractivity contribution in [3.63, 3.8) is 0 Å². The van der Waals surface area contributed by atoms with Crippen molar-refractivity contribution >= 4 is 11.0 Å². The average Bonchev–Trinajstić information content (AvgIpc) is 2.62. The monoisotopic (exact) mass is 281 g/mol. The van der Waals surface area contributed by atoms with Gasteiger partial charge in [0.05, 0.1) is 22.4 Å². The van der Waals surface area contributed by atoms with E-state index < -0.39 is 0 Å². The molecular formula is C20H13N2. The molecule has 1 heterocycles. The van der Waals surface area contributed by atoms with Gasteiger partial charge in [0.15, 0.2) is 0 Å². The van der Waals surface area contributed by atoms with Crippen LogP contribution in [-0.4, -0.2) is 9.97 Å². The van der Waals surface area contributed by atoms with Crippen molar-refractivity contribution < 1.29 is 0 Å². The topological polar surface area (TPSA) is 25.8 Å². The van der Waals surface area contributed by atoms with Crippen LogP contribution in [0.1, 0.15) is 0 Å². The molecule has 4 aromatic rings. The SMILES string of the molecule is [c]1ccc2nc(-c3ccccc3)c(-c3ccccc3)nc2c1. The van der Waals surface area contributed by atoms with E-state index >= 15 is 0 Å². The Morgan fingerprint density at radius 1 is 0.591 bits per heavy atom. The second-order valence-electron chi connectivity index (χ2n) is 5.07. The Hall–Kier alpha value is -3.00. The number of aromatic nitrogens is 2. The van der Waals surface area contributed by atoms with Gasteiger partial charge >= 0.3 is 0 Å². The van der Waals surface area contributed by atoms with Crippen LogP contribution < -0.4 is 0 Å². The molecule has 0 aliphatic heterocycles. The fourth-order valence-corrected chi connectivity index (χ4v) is 2.54. The zero-order valence-electron chi connectivity index (χ0n) is 11.9. The minimum atomic E-state index is 0.862. The smallest absolute Gasteiger partial charge is 0.0973 e. The molecule has 0 unspecified atom stereocenters. The number of hydrogen-bond donors (Lipinski definition) is 0. The molecule has 3 aromatic carbocycles. The van der Waals surface area contributed by atoms with E-state index in [1.54, 1.807) is 0 Å².